The molecule has 0 aromatic rings. The molecule has 190 valence electrons. The Labute approximate surface area is 193 Å². The predicted octanol–water partition coefficient (Wildman–Crippen LogP) is 8.50. The van der Waals surface area contributed by atoms with E-state index in [0.29, 0.717) is 0 Å². The van der Waals surface area contributed by atoms with Crippen molar-refractivity contribution in [2.45, 2.75) is 136 Å². The van der Waals surface area contributed by atoms with E-state index >= 15 is 0 Å². The number of hydrogen-bond acceptors (Lipinski definition) is 2. The molecular formula is C24H54O5P2. The Hall–Kier alpha value is 0.340. The van der Waals surface area contributed by atoms with Crippen molar-refractivity contribution >= 4 is 15.0 Å². The summed E-state index contributed by atoms with van der Waals surface area (Å²) >= 11 is 0. The molecule has 0 heterocycles. The first-order valence-corrected chi connectivity index (χ1v) is 16.9. The standard InChI is InChI=1S/C24H51OP.H3O4P/c1-4-7-10-13-16-19-22-26(25,23-20-17-14-11-8-5-2)24-21-18-15-12-9-6-3;1-5(2,3)4/h4-24H2,1-3H3;(H3,1,2,3,4). The molecule has 0 amide bonds. The molecule has 0 aliphatic carbocycles. The second-order valence-electron chi connectivity index (χ2n) is 9.05. The minimum atomic E-state index is -4.64. The van der Waals surface area contributed by atoms with Crippen LogP contribution in [-0.4, -0.2) is 33.2 Å². The third-order valence-electron chi connectivity index (χ3n) is 5.76. The summed E-state index contributed by atoms with van der Waals surface area (Å²) in [6, 6.07) is 0. The Morgan fingerprint density at radius 2 is 0.613 bits per heavy atom. The average molecular weight is 485 g/mol. The van der Waals surface area contributed by atoms with Crippen LogP contribution < -0.4 is 0 Å². The minimum Gasteiger partial charge on any atom is -0.324 e. The summed E-state index contributed by atoms with van der Waals surface area (Å²) in [4.78, 5) is 21.6. The molecule has 0 rings (SSSR count). The van der Waals surface area contributed by atoms with E-state index in [1.54, 1.807) is 0 Å². The van der Waals surface area contributed by atoms with Gasteiger partial charge in [-0.2, -0.15) is 0 Å². The smallest absolute Gasteiger partial charge is 0.324 e. The van der Waals surface area contributed by atoms with Gasteiger partial charge in [0.15, 0.2) is 0 Å². The third kappa shape index (κ3) is 32.6. The van der Waals surface area contributed by atoms with Crippen molar-refractivity contribution in [2.24, 2.45) is 0 Å². The van der Waals surface area contributed by atoms with E-state index < -0.39 is 15.0 Å². The van der Waals surface area contributed by atoms with Gasteiger partial charge in [0, 0.05) is 18.5 Å². The highest BCUT2D eigenvalue weighted by Gasteiger charge is 2.20. The van der Waals surface area contributed by atoms with Crippen molar-refractivity contribution in [1.29, 1.82) is 0 Å². The molecule has 5 nitrogen and oxygen atoms in total. The zero-order chi connectivity index (χ0) is 23.8. The molecule has 0 radical (unpaired) electrons. The van der Waals surface area contributed by atoms with Crippen LogP contribution in [0.15, 0.2) is 0 Å². The van der Waals surface area contributed by atoms with E-state index in [9.17, 15) is 4.57 Å². The van der Waals surface area contributed by atoms with Gasteiger partial charge in [0.25, 0.3) is 0 Å². The summed E-state index contributed by atoms with van der Waals surface area (Å²) < 4.78 is 22.4. The fourth-order valence-electron chi connectivity index (χ4n) is 3.88. The van der Waals surface area contributed by atoms with Gasteiger partial charge in [0.05, 0.1) is 7.14 Å². The van der Waals surface area contributed by atoms with Crippen LogP contribution in [0, 0.1) is 0 Å². The van der Waals surface area contributed by atoms with Gasteiger partial charge >= 0.3 is 7.82 Å². The fourth-order valence-corrected chi connectivity index (χ4v) is 6.95. The zero-order valence-electron chi connectivity index (χ0n) is 20.9. The van der Waals surface area contributed by atoms with Gasteiger partial charge < -0.3 is 19.2 Å². The van der Waals surface area contributed by atoms with Crippen LogP contribution in [0.1, 0.15) is 136 Å². The molecule has 0 unspecified atom stereocenters. The second-order valence-corrected chi connectivity index (χ2v) is 13.5. The third-order valence-corrected chi connectivity index (χ3v) is 9.15. The van der Waals surface area contributed by atoms with E-state index in [1.807, 2.05) is 0 Å². The Morgan fingerprint density at radius 3 is 0.839 bits per heavy atom. The minimum absolute atomic E-state index is 1.04. The molecule has 0 saturated carbocycles. The van der Waals surface area contributed by atoms with Crippen molar-refractivity contribution in [2.75, 3.05) is 18.5 Å². The highest BCUT2D eigenvalue weighted by Crippen LogP contribution is 2.48. The monoisotopic (exact) mass is 484 g/mol. The first-order valence-electron chi connectivity index (χ1n) is 13.0. The molecule has 0 saturated heterocycles. The Morgan fingerprint density at radius 1 is 0.419 bits per heavy atom. The first-order chi connectivity index (χ1) is 14.7. The van der Waals surface area contributed by atoms with Gasteiger partial charge in [-0.1, -0.05) is 117 Å². The lowest BCUT2D eigenvalue weighted by atomic mass is 10.1. The van der Waals surface area contributed by atoms with Crippen molar-refractivity contribution in [3.05, 3.63) is 0 Å². The van der Waals surface area contributed by atoms with Crippen LogP contribution in [0.2, 0.25) is 0 Å². The topological polar surface area (TPSA) is 94.8 Å². The van der Waals surface area contributed by atoms with E-state index in [1.165, 1.54) is 116 Å². The van der Waals surface area contributed by atoms with E-state index in [2.05, 4.69) is 20.8 Å². The molecular weight excluding hydrogens is 430 g/mol. The van der Waals surface area contributed by atoms with Crippen LogP contribution in [0.5, 0.6) is 0 Å². The van der Waals surface area contributed by atoms with Gasteiger partial charge in [-0.25, -0.2) is 4.57 Å². The number of phosphoric acid groups is 1. The van der Waals surface area contributed by atoms with Gasteiger partial charge in [-0.05, 0) is 19.3 Å². The number of rotatable bonds is 21. The first kappa shape index (κ1) is 33.5. The molecule has 0 atom stereocenters. The molecule has 0 spiro atoms. The second kappa shape index (κ2) is 23.5. The molecule has 31 heavy (non-hydrogen) atoms. The van der Waals surface area contributed by atoms with Crippen molar-refractivity contribution in [3.8, 4) is 0 Å². The predicted molar refractivity (Wildman–Crippen MR) is 137 cm³/mol. The van der Waals surface area contributed by atoms with Crippen molar-refractivity contribution in [1.82, 2.24) is 0 Å². The number of hydrogen-bond donors (Lipinski definition) is 3. The SMILES string of the molecule is CCCCCCCCP(=O)(CCCCCCCC)CCCCCCCC.O=P(O)(O)O. The molecule has 0 aromatic carbocycles. The van der Waals surface area contributed by atoms with Gasteiger partial charge in [-0.15, -0.1) is 0 Å². The molecule has 0 fully saturated rings. The van der Waals surface area contributed by atoms with Crippen LogP contribution in [0.3, 0.4) is 0 Å². The highest BCUT2D eigenvalue weighted by molar-refractivity contribution is 7.63. The normalized spacial score (nSPS) is 11.9. The summed E-state index contributed by atoms with van der Waals surface area (Å²) in [5.41, 5.74) is 0. The summed E-state index contributed by atoms with van der Waals surface area (Å²) in [7, 11) is -6.52. The fraction of sp³-hybridized carbons (Fsp3) is 1.00. The van der Waals surface area contributed by atoms with Crippen LogP contribution in [-0.2, 0) is 9.13 Å². The lowest BCUT2D eigenvalue weighted by Crippen LogP contribution is -2.02. The van der Waals surface area contributed by atoms with E-state index in [0.717, 1.165) is 18.5 Å². The summed E-state index contributed by atoms with van der Waals surface area (Å²) in [5, 5.41) is 0. The molecule has 7 heteroatoms. The molecule has 3 N–H and O–H groups in total. The molecule has 0 bridgehead atoms. The van der Waals surface area contributed by atoms with Gasteiger partial charge in [0.1, 0.15) is 0 Å². The van der Waals surface area contributed by atoms with Crippen LogP contribution >= 0.6 is 15.0 Å². The lowest BCUT2D eigenvalue weighted by Gasteiger charge is -2.18. The average Bonchev–Trinajstić information content (AvgIpc) is 2.69. The van der Waals surface area contributed by atoms with Crippen LogP contribution in [0.4, 0.5) is 0 Å². The van der Waals surface area contributed by atoms with Crippen molar-refractivity contribution in [3.63, 3.8) is 0 Å². The lowest BCUT2D eigenvalue weighted by molar-refractivity contribution is 0.275. The Bertz CT molecular complexity index is 395. The number of unbranched alkanes of at least 4 members (excludes halogenated alkanes) is 15. The van der Waals surface area contributed by atoms with Gasteiger partial charge in [0.2, 0.25) is 0 Å². The maximum atomic E-state index is 13.5. The maximum absolute atomic E-state index is 13.5. The highest BCUT2D eigenvalue weighted by atomic mass is 31.2. The van der Waals surface area contributed by atoms with Crippen LogP contribution in [0.25, 0.3) is 0 Å². The molecule has 0 aliphatic heterocycles. The Kier molecular flexibility index (Phi) is 25.4. The zero-order valence-corrected chi connectivity index (χ0v) is 22.7. The van der Waals surface area contributed by atoms with Crippen molar-refractivity contribution < 1.29 is 23.8 Å². The Balaban J connectivity index is 0. The van der Waals surface area contributed by atoms with Gasteiger partial charge in [-0.3, -0.25) is 0 Å². The largest absolute Gasteiger partial charge is 0.466 e. The maximum Gasteiger partial charge on any atom is 0.466 e. The molecule has 0 aromatic heterocycles. The summed E-state index contributed by atoms with van der Waals surface area (Å²) in [5.74, 6) is 0. The van der Waals surface area contributed by atoms with E-state index in [4.69, 9.17) is 19.2 Å². The van der Waals surface area contributed by atoms with E-state index in [-0.39, 0.29) is 0 Å². The summed E-state index contributed by atoms with van der Waals surface area (Å²) in [6.07, 6.45) is 26.9. The molecule has 0 aliphatic rings. The summed E-state index contributed by atoms with van der Waals surface area (Å²) in [6.45, 7) is 6.82. The quantitative estimate of drug-likeness (QED) is 0.112.